The fourth-order valence-electron chi connectivity index (χ4n) is 2.03. The summed E-state index contributed by atoms with van der Waals surface area (Å²) >= 11 is -2.70. The van der Waals surface area contributed by atoms with Crippen molar-refractivity contribution in [3.05, 3.63) is 85.4 Å². The summed E-state index contributed by atoms with van der Waals surface area (Å²) in [7, 11) is -3.85. The number of rotatable bonds is 5. The second-order valence-corrected chi connectivity index (χ2v) is 11.5. The van der Waals surface area contributed by atoms with Gasteiger partial charge in [-0.2, -0.15) is 0 Å². The van der Waals surface area contributed by atoms with Crippen LogP contribution < -0.4 is 0 Å². The van der Waals surface area contributed by atoms with Gasteiger partial charge < -0.3 is 0 Å². The molecular weight excluding hydrogens is 439 g/mol. The molecule has 24 heavy (non-hydrogen) atoms. The van der Waals surface area contributed by atoms with Gasteiger partial charge in [-0.15, -0.1) is 0 Å². The molecule has 1 aromatic heterocycles. The molecule has 0 aliphatic carbocycles. The molecule has 2 aromatic carbocycles. The average molecular weight is 456 g/mol. The Labute approximate surface area is 149 Å². The molecule has 126 valence electrons. The predicted molar refractivity (Wildman–Crippen MR) is 101 cm³/mol. The molecule has 0 spiro atoms. The number of aryl methyl sites for hydroxylation is 2. The van der Waals surface area contributed by atoms with Gasteiger partial charge in [0.05, 0.1) is 0 Å². The molecule has 3 rings (SSSR count). The fourth-order valence-corrected chi connectivity index (χ4v) is 8.80. The fraction of sp³-hybridized carbons (Fsp3) is 0.111. The molecule has 1 heterocycles. The van der Waals surface area contributed by atoms with E-state index in [-0.39, 0.29) is 4.90 Å². The van der Waals surface area contributed by atoms with E-state index in [9.17, 15) is 8.42 Å². The van der Waals surface area contributed by atoms with E-state index in [0.29, 0.717) is 3.77 Å². The summed E-state index contributed by atoms with van der Waals surface area (Å²) in [5.41, 5.74) is 0.994. The normalized spacial score (nSPS) is 12.2. The number of furan rings is 1. The summed E-state index contributed by atoms with van der Waals surface area (Å²) < 4.78 is 38.2. The van der Waals surface area contributed by atoms with E-state index >= 15 is 0 Å². The Morgan fingerprint density at radius 3 is 2.12 bits per heavy atom. The third kappa shape index (κ3) is 3.88. The van der Waals surface area contributed by atoms with Crippen LogP contribution in [-0.2, 0) is 12.6 Å². The van der Waals surface area contributed by atoms with Crippen molar-refractivity contribution in [1.29, 1.82) is 0 Å². The third-order valence-corrected chi connectivity index (χ3v) is 10.3. The van der Waals surface area contributed by atoms with Crippen LogP contribution in [0, 0.1) is 21.2 Å². The second-order valence-electron chi connectivity index (χ2n) is 5.22. The molecular formula is C18H17IO4S. The van der Waals surface area contributed by atoms with Crippen molar-refractivity contribution in [2.75, 3.05) is 0 Å². The SMILES string of the molecule is Cc1ccc(S(=O)(=O)OI(c2ccccc2)c2ccc(C)o2)cc1. The maximum atomic E-state index is 12.7. The first kappa shape index (κ1) is 17.2. The van der Waals surface area contributed by atoms with Crippen molar-refractivity contribution in [3.8, 4) is 0 Å². The Morgan fingerprint density at radius 1 is 0.875 bits per heavy atom. The topological polar surface area (TPSA) is 56.5 Å². The standard InChI is InChI=1S/C18H17IO4S/c1-14-8-11-17(12-9-14)24(20,21)23-19(16-6-4-3-5-7-16)18-13-10-15(2)22-18/h3-13H,1-2H3. The quantitative estimate of drug-likeness (QED) is 0.520. The Bertz CT molecular complexity index is 915. The Kier molecular flexibility index (Phi) is 5.07. The minimum atomic E-state index is -3.85. The van der Waals surface area contributed by atoms with Crippen molar-refractivity contribution in [1.82, 2.24) is 0 Å². The van der Waals surface area contributed by atoms with Crippen LogP contribution in [0.2, 0.25) is 0 Å². The number of hydrogen-bond donors (Lipinski definition) is 0. The maximum absolute atomic E-state index is 12.7. The van der Waals surface area contributed by atoms with Gasteiger partial charge in [-0.25, -0.2) is 0 Å². The molecule has 0 saturated carbocycles. The molecule has 0 bridgehead atoms. The monoisotopic (exact) mass is 456 g/mol. The van der Waals surface area contributed by atoms with Crippen LogP contribution in [0.15, 0.2) is 76.0 Å². The molecule has 0 aliphatic heterocycles. The van der Waals surface area contributed by atoms with Gasteiger partial charge in [0.25, 0.3) is 0 Å². The first-order valence-electron chi connectivity index (χ1n) is 7.29. The second kappa shape index (κ2) is 7.08. The zero-order valence-electron chi connectivity index (χ0n) is 13.3. The van der Waals surface area contributed by atoms with E-state index in [1.165, 1.54) is 0 Å². The Morgan fingerprint density at radius 2 is 1.54 bits per heavy atom. The minimum absolute atomic E-state index is 0.162. The Balaban J connectivity index is 1.99. The van der Waals surface area contributed by atoms with Crippen molar-refractivity contribution in [2.24, 2.45) is 0 Å². The molecule has 0 N–H and O–H groups in total. The van der Waals surface area contributed by atoms with E-state index in [4.69, 9.17) is 6.93 Å². The molecule has 6 heteroatoms. The van der Waals surface area contributed by atoms with Gasteiger partial charge in [-0.3, -0.25) is 0 Å². The summed E-state index contributed by atoms with van der Waals surface area (Å²) in [6.07, 6.45) is 0. The van der Waals surface area contributed by atoms with Crippen molar-refractivity contribution in [2.45, 2.75) is 18.7 Å². The molecule has 0 radical (unpaired) electrons. The van der Waals surface area contributed by atoms with Crippen LogP contribution in [0.5, 0.6) is 0 Å². The van der Waals surface area contributed by atoms with Crippen LogP contribution >= 0.6 is 20.2 Å². The molecule has 3 aromatic rings. The molecule has 0 fully saturated rings. The number of halogens is 1. The van der Waals surface area contributed by atoms with E-state index in [1.54, 1.807) is 30.3 Å². The van der Waals surface area contributed by atoms with Crippen LogP contribution in [0.4, 0.5) is 0 Å². The van der Waals surface area contributed by atoms with Crippen LogP contribution in [-0.4, -0.2) is 8.42 Å². The summed E-state index contributed by atoms with van der Waals surface area (Å²) in [4.78, 5) is 0.162. The van der Waals surface area contributed by atoms with E-state index in [2.05, 4.69) is 0 Å². The zero-order chi connectivity index (χ0) is 17.2. The molecule has 0 unspecified atom stereocenters. The van der Waals surface area contributed by atoms with E-state index in [0.717, 1.165) is 14.9 Å². The van der Waals surface area contributed by atoms with Gasteiger partial charge in [0, 0.05) is 0 Å². The number of hydrogen-bond acceptors (Lipinski definition) is 4. The van der Waals surface area contributed by atoms with Gasteiger partial charge in [0.2, 0.25) is 0 Å². The Hall–Kier alpha value is -1.64. The van der Waals surface area contributed by atoms with Crippen molar-refractivity contribution < 1.29 is 15.3 Å². The summed E-state index contributed by atoms with van der Waals surface area (Å²) in [6, 6.07) is 19.7. The van der Waals surface area contributed by atoms with Crippen LogP contribution in [0.1, 0.15) is 11.3 Å². The van der Waals surface area contributed by atoms with Gasteiger partial charge in [0.15, 0.2) is 0 Å². The van der Waals surface area contributed by atoms with Gasteiger partial charge in [0.1, 0.15) is 0 Å². The summed E-state index contributed by atoms with van der Waals surface area (Å²) in [5, 5.41) is 0. The zero-order valence-corrected chi connectivity index (χ0v) is 16.2. The molecule has 0 atom stereocenters. The van der Waals surface area contributed by atoms with Crippen molar-refractivity contribution >= 4 is 30.4 Å². The molecule has 4 nitrogen and oxygen atoms in total. The average Bonchev–Trinajstić information content (AvgIpc) is 3.00. The molecule has 0 amide bonds. The first-order chi connectivity index (χ1) is 11.5. The number of benzene rings is 2. The van der Waals surface area contributed by atoms with Crippen molar-refractivity contribution in [3.63, 3.8) is 0 Å². The van der Waals surface area contributed by atoms with Gasteiger partial charge >= 0.3 is 150 Å². The van der Waals surface area contributed by atoms with E-state index < -0.39 is 30.4 Å². The summed E-state index contributed by atoms with van der Waals surface area (Å²) in [6.45, 7) is 3.74. The summed E-state index contributed by atoms with van der Waals surface area (Å²) in [5.74, 6) is 0.736. The van der Waals surface area contributed by atoms with Gasteiger partial charge in [-0.05, 0) is 0 Å². The predicted octanol–water partition coefficient (Wildman–Crippen LogP) is 4.76. The first-order valence-corrected chi connectivity index (χ1v) is 11.7. The van der Waals surface area contributed by atoms with E-state index in [1.807, 2.05) is 50.2 Å². The van der Waals surface area contributed by atoms with Gasteiger partial charge in [-0.1, -0.05) is 0 Å². The molecule has 0 saturated heterocycles. The molecule has 0 aliphatic rings. The van der Waals surface area contributed by atoms with Crippen LogP contribution in [0.25, 0.3) is 0 Å². The third-order valence-electron chi connectivity index (χ3n) is 3.26. The van der Waals surface area contributed by atoms with Crippen LogP contribution in [0.3, 0.4) is 0 Å².